The largest absolute Gasteiger partial charge is 0.494 e. The van der Waals surface area contributed by atoms with Crippen molar-refractivity contribution < 1.29 is 4.74 Å². The Balaban J connectivity index is 1.50. The molecule has 0 atom stereocenters. The van der Waals surface area contributed by atoms with Gasteiger partial charge in [0.25, 0.3) is 5.95 Å². The van der Waals surface area contributed by atoms with Crippen LogP contribution < -0.4 is 10.2 Å². The fraction of sp³-hybridized carbons (Fsp3) is 0.304. The van der Waals surface area contributed by atoms with Crippen LogP contribution in [-0.4, -0.2) is 32.6 Å². The van der Waals surface area contributed by atoms with Gasteiger partial charge in [0, 0.05) is 11.9 Å². The fourth-order valence-corrected chi connectivity index (χ4v) is 3.35. The van der Waals surface area contributed by atoms with E-state index in [0.717, 1.165) is 65.8 Å². The molecule has 0 fully saturated rings. The number of fused-ring (bicyclic) bond motifs is 3. The zero-order chi connectivity index (χ0) is 20.8. The average Bonchev–Trinajstić information content (AvgIpc) is 3.09. The number of para-hydroxylation sites is 1. The molecule has 7 heteroatoms. The maximum atomic E-state index is 5.68. The normalized spacial score (nSPS) is 11.5. The molecule has 0 saturated carbocycles. The van der Waals surface area contributed by atoms with Crippen molar-refractivity contribution >= 4 is 34.2 Å². The first kappa shape index (κ1) is 19.8. The van der Waals surface area contributed by atoms with E-state index in [9.17, 15) is 0 Å². The standard InChI is InChI=1S/C23H26N6O/c1-3-5-15-30-18-12-10-17(11-13-18)16-24-27-23-25-22-21(26-28-23)19-8-6-7-9-20(19)29(22)14-4-2/h6-13,16H,3-5,14-15H2,1-2H3,(H,25,27,28)/b24-16+. The molecule has 2 heterocycles. The van der Waals surface area contributed by atoms with Gasteiger partial charge in [-0.2, -0.15) is 10.1 Å². The number of aryl methyl sites for hydroxylation is 1. The summed E-state index contributed by atoms with van der Waals surface area (Å²) in [5, 5.41) is 13.9. The van der Waals surface area contributed by atoms with Crippen LogP contribution in [0.2, 0.25) is 0 Å². The van der Waals surface area contributed by atoms with E-state index >= 15 is 0 Å². The predicted octanol–water partition coefficient (Wildman–Crippen LogP) is 5.01. The molecule has 0 aliphatic heterocycles. The molecule has 0 spiro atoms. The van der Waals surface area contributed by atoms with E-state index in [1.165, 1.54) is 0 Å². The number of hydrazone groups is 1. The van der Waals surface area contributed by atoms with Gasteiger partial charge in [-0.05, 0) is 48.7 Å². The van der Waals surface area contributed by atoms with Crippen LogP contribution in [0.15, 0.2) is 53.6 Å². The van der Waals surface area contributed by atoms with Gasteiger partial charge in [-0.1, -0.05) is 38.5 Å². The van der Waals surface area contributed by atoms with Crippen molar-refractivity contribution in [3.8, 4) is 5.75 Å². The Morgan fingerprint density at radius 1 is 1.03 bits per heavy atom. The summed E-state index contributed by atoms with van der Waals surface area (Å²) in [5.41, 5.74) is 6.61. The molecule has 4 aromatic rings. The topological polar surface area (TPSA) is 77.2 Å². The zero-order valence-electron chi connectivity index (χ0n) is 17.4. The molecule has 0 unspecified atom stereocenters. The van der Waals surface area contributed by atoms with Crippen molar-refractivity contribution in [3.05, 3.63) is 54.1 Å². The molecule has 7 nitrogen and oxygen atoms in total. The summed E-state index contributed by atoms with van der Waals surface area (Å²) in [6.45, 7) is 5.92. The minimum atomic E-state index is 0.374. The van der Waals surface area contributed by atoms with Gasteiger partial charge in [0.1, 0.15) is 11.3 Å². The molecular formula is C23H26N6O. The van der Waals surface area contributed by atoms with Crippen LogP contribution >= 0.6 is 0 Å². The van der Waals surface area contributed by atoms with E-state index in [4.69, 9.17) is 4.74 Å². The maximum Gasteiger partial charge on any atom is 0.265 e. The molecule has 2 aromatic heterocycles. The Kier molecular flexibility index (Phi) is 6.17. The van der Waals surface area contributed by atoms with E-state index in [2.05, 4.69) is 56.3 Å². The smallest absolute Gasteiger partial charge is 0.265 e. The first-order chi connectivity index (χ1) is 14.8. The minimum absolute atomic E-state index is 0.374. The number of benzene rings is 2. The van der Waals surface area contributed by atoms with Gasteiger partial charge >= 0.3 is 0 Å². The van der Waals surface area contributed by atoms with Crippen molar-refractivity contribution in [2.75, 3.05) is 12.0 Å². The lowest BCUT2D eigenvalue weighted by Gasteiger charge is -2.05. The van der Waals surface area contributed by atoms with Crippen LogP contribution in [0.5, 0.6) is 5.75 Å². The number of aromatic nitrogens is 4. The fourth-order valence-electron chi connectivity index (χ4n) is 3.35. The number of nitrogens with one attached hydrogen (secondary N) is 1. The number of unbranched alkanes of at least 4 members (excludes halogenated alkanes) is 1. The molecule has 2 aromatic carbocycles. The van der Waals surface area contributed by atoms with Crippen LogP contribution in [0, 0.1) is 0 Å². The molecule has 0 bridgehead atoms. The summed E-state index contributed by atoms with van der Waals surface area (Å²) >= 11 is 0. The Labute approximate surface area is 175 Å². The lowest BCUT2D eigenvalue weighted by Crippen LogP contribution is -2.03. The molecule has 0 saturated heterocycles. The van der Waals surface area contributed by atoms with Gasteiger partial charge in [0.05, 0.1) is 18.3 Å². The van der Waals surface area contributed by atoms with Gasteiger partial charge < -0.3 is 9.30 Å². The van der Waals surface area contributed by atoms with Gasteiger partial charge in [0.2, 0.25) is 0 Å². The highest BCUT2D eigenvalue weighted by atomic mass is 16.5. The molecule has 4 rings (SSSR count). The highest BCUT2D eigenvalue weighted by Gasteiger charge is 2.13. The number of rotatable bonds is 9. The lowest BCUT2D eigenvalue weighted by atomic mass is 10.2. The van der Waals surface area contributed by atoms with Crippen LogP contribution in [0.4, 0.5) is 5.95 Å². The third-order valence-corrected chi connectivity index (χ3v) is 4.85. The molecule has 0 aliphatic rings. The van der Waals surface area contributed by atoms with Gasteiger partial charge in [-0.25, -0.2) is 5.43 Å². The summed E-state index contributed by atoms with van der Waals surface area (Å²) in [6.07, 6.45) is 4.92. The third-order valence-electron chi connectivity index (χ3n) is 4.85. The summed E-state index contributed by atoms with van der Waals surface area (Å²) < 4.78 is 7.87. The number of hydrogen-bond acceptors (Lipinski definition) is 6. The highest BCUT2D eigenvalue weighted by molar-refractivity contribution is 6.04. The zero-order valence-corrected chi connectivity index (χ0v) is 17.4. The predicted molar refractivity (Wildman–Crippen MR) is 121 cm³/mol. The van der Waals surface area contributed by atoms with Crippen molar-refractivity contribution in [1.29, 1.82) is 0 Å². The molecule has 1 N–H and O–H groups in total. The minimum Gasteiger partial charge on any atom is -0.494 e. The Morgan fingerprint density at radius 2 is 1.87 bits per heavy atom. The maximum absolute atomic E-state index is 5.68. The Hall–Kier alpha value is -3.48. The molecular weight excluding hydrogens is 376 g/mol. The second-order valence-corrected chi connectivity index (χ2v) is 7.12. The summed E-state index contributed by atoms with van der Waals surface area (Å²) in [6, 6.07) is 16.0. The molecule has 30 heavy (non-hydrogen) atoms. The van der Waals surface area contributed by atoms with E-state index in [1.807, 2.05) is 36.4 Å². The van der Waals surface area contributed by atoms with Crippen molar-refractivity contribution in [2.45, 2.75) is 39.7 Å². The highest BCUT2D eigenvalue weighted by Crippen LogP contribution is 2.26. The van der Waals surface area contributed by atoms with Crippen molar-refractivity contribution in [2.24, 2.45) is 5.10 Å². The van der Waals surface area contributed by atoms with E-state index in [1.54, 1.807) is 6.21 Å². The number of hydrogen-bond donors (Lipinski definition) is 1. The average molecular weight is 403 g/mol. The SMILES string of the molecule is CCCCOc1ccc(/C=N/Nc2nnc3c4ccccc4n(CCC)c3n2)cc1. The summed E-state index contributed by atoms with van der Waals surface area (Å²) in [5.74, 6) is 1.24. The molecule has 154 valence electrons. The molecule has 0 radical (unpaired) electrons. The van der Waals surface area contributed by atoms with Crippen LogP contribution in [0.3, 0.4) is 0 Å². The number of nitrogens with zero attached hydrogens (tertiary/aromatic N) is 5. The first-order valence-electron chi connectivity index (χ1n) is 10.4. The second kappa shape index (κ2) is 9.35. The van der Waals surface area contributed by atoms with Crippen molar-refractivity contribution in [1.82, 2.24) is 19.7 Å². The third kappa shape index (κ3) is 4.25. The monoisotopic (exact) mass is 402 g/mol. The molecule has 0 amide bonds. The van der Waals surface area contributed by atoms with Crippen LogP contribution in [-0.2, 0) is 6.54 Å². The Morgan fingerprint density at radius 3 is 2.67 bits per heavy atom. The summed E-state index contributed by atoms with van der Waals surface area (Å²) in [4.78, 5) is 4.66. The van der Waals surface area contributed by atoms with Gasteiger partial charge in [-0.15, -0.1) is 10.2 Å². The van der Waals surface area contributed by atoms with Gasteiger partial charge in [0.15, 0.2) is 5.65 Å². The quantitative estimate of drug-likeness (QED) is 0.242. The van der Waals surface area contributed by atoms with E-state index in [0.29, 0.717) is 5.95 Å². The Bertz CT molecular complexity index is 1150. The molecule has 0 aliphatic carbocycles. The van der Waals surface area contributed by atoms with Gasteiger partial charge in [-0.3, -0.25) is 0 Å². The number of ether oxygens (including phenoxy) is 1. The van der Waals surface area contributed by atoms with E-state index < -0.39 is 0 Å². The van der Waals surface area contributed by atoms with Crippen molar-refractivity contribution in [3.63, 3.8) is 0 Å². The second-order valence-electron chi connectivity index (χ2n) is 7.12. The van der Waals surface area contributed by atoms with E-state index in [-0.39, 0.29) is 0 Å². The summed E-state index contributed by atoms with van der Waals surface area (Å²) in [7, 11) is 0. The van der Waals surface area contributed by atoms with Crippen LogP contribution in [0.1, 0.15) is 38.7 Å². The van der Waals surface area contributed by atoms with Crippen LogP contribution in [0.25, 0.3) is 22.1 Å². The number of anilines is 1. The lowest BCUT2D eigenvalue weighted by molar-refractivity contribution is 0.309. The first-order valence-corrected chi connectivity index (χ1v) is 10.4.